The molecule has 0 aliphatic heterocycles. The van der Waals surface area contributed by atoms with Crippen LogP contribution in [0.15, 0.2) is 6.07 Å². The van der Waals surface area contributed by atoms with Crippen molar-refractivity contribution in [2.24, 2.45) is 17.6 Å². The molecule has 2 aliphatic carbocycles. The van der Waals surface area contributed by atoms with Crippen LogP contribution in [0, 0.1) is 11.8 Å². The van der Waals surface area contributed by atoms with Crippen LogP contribution >= 0.6 is 11.3 Å². The Morgan fingerprint density at radius 1 is 1.23 bits per heavy atom. The van der Waals surface area contributed by atoms with Crippen LogP contribution in [-0.2, 0) is 17.6 Å². The largest absolute Gasteiger partial charge is 0.369 e. The van der Waals surface area contributed by atoms with Crippen LogP contribution in [-0.4, -0.2) is 17.9 Å². The molecule has 3 N–H and O–H groups in total. The minimum absolute atomic E-state index is 0.0105. The van der Waals surface area contributed by atoms with Gasteiger partial charge in [-0.05, 0) is 62.5 Å². The highest BCUT2D eigenvalue weighted by Crippen LogP contribution is 2.32. The van der Waals surface area contributed by atoms with Gasteiger partial charge < -0.3 is 11.1 Å². The van der Waals surface area contributed by atoms with Gasteiger partial charge in [-0.1, -0.05) is 6.92 Å². The maximum atomic E-state index is 12.4. The van der Waals surface area contributed by atoms with Crippen molar-refractivity contribution >= 4 is 23.2 Å². The summed E-state index contributed by atoms with van der Waals surface area (Å²) in [5.74, 6) is 0.560. The van der Waals surface area contributed by atoms with Gasteiger partial charge in [-0.15, -0.1) is 11.3 Å². The Labute approximate surface area is 135 Å². The second kappa shape index (κ2) is 6.41. The number of hydrogen-bond acceptors (Lipinski definition) is 3. The molecule has 3 rings (SSSR count). The van der Waals surface area contributed by atoms with Gasteiger partial charge in [0.25, 0.3) is 5.91 Å². The highest BCUT2D eigenvalue weighted by molar-refractivity contribution is 7.14. The number of nitrogens with one attached hydrogen (secondary N) is 1. The topological polar surface area (TPSA) is 72.2 Å². The SMILES string of the molecule is CC1CCc2sc(C(=O)NC3CCC(C(N)=O)CC3)cc2C1. The van der Waals surface area contributed by atoms with Crippen molar-refractivity contribution in [3.8, 4) is 0 Å². The lowest BCUT2D eigenvalue weighted by molar-refractivity contribution is -0.122. The first kappa shape index (κ1) is 15.5. The summed E-state index contributed by atoms with van der Waals surface area (Å²) in [5.41, 5.74) is 6.71. The van der Waals surface area contributed by atoms with E-state index in [1.807, 2.05) is 0 Å². The molecule has 120 valence electrons. The fraction of sp³-hybridized carbons (Fsp3) is 0.647. The molecule has 22 heavy (non-hydrogen) atoms. The molecule has 0 aromatic carbocycles. The van der Waals surface area contributed by atoms with Crippen molar-refractivity contribution in [2.75, 3.05) is 0 Å². The van der Waals surface area contributed by atoms with Gasteiger partial charge in [-0.3, -0.25) is 9.59 Å². The minimum Gasteiger partial charge on any atom is -0.369 e. The van der Waals surface area contributed by atoms with Crippen molar-refractivity contribution in [2.45, 2.75) is 57.9 Å². The van der Waals surface area contributed by atoms with Crippen molar-refractivity contribution < 1.29 is 9.59 Å². The third kappa shape index (κ3) is 3.35. The van der Waals surface area contributed by atoms with E-state index in [0.717, 1.165) is 49.3 Å². The molecular weight excluding hydrogens is 296 g/mol. The molecule has 5 heteroatoms. The number of primary amides is 1. The van der Waals surface area contributed by atoms with Gasteiger partial charge in [-0.25, -0.2) is 0 Å². The molecule has 1 saturated carbocycles. The summed E-state index contributed by atoms with van der Waals surface area (Å²) in [6.07, 6.45) is 6.72. The molecule has 0 spiro atoms. The number of hydrogen-bond donors (Lipinski definition) is 2. The van der Waals surface area contributed by atoms with E-state index in [9.17, 15) is 9.59 Å². The summed E-state index contributed by atoms with van der Waals surface area (Å²) in [5, 5.41) is 3.13. The molecule has 2 amide bonds. The Hall–Kier alpha value is -1.36. The van der Waals surface area contributed by atoms with Crippen LogP contribution in [0.3, 0.4) is 0 Å². The first-order chi connectivity index (χ1) is 10.5. The lowest BCUT2D eigenvalue weighted by atomic mass is 9.85. The van der Waals surface area contributed by atoms with Crippen LogP contribution in [0.5, 0.6) is 0 Å². The van der Waals surface area contributed by atoms with Gasteiger partial charge in [0.2, 0.25) is 5.91 Å². The first-order valence-electron chi connectivity index (χ1n) is 8.24. The second-order valence-electron chi connectivity index (χ2n) is 6.83. The number of aryl methyl sites for hydroxylation is 1. The normalized spacial score (nSPS) is 28.0. The van der Waals surface area contributed by atoms with Crippen molar-refractivity contribution in [1.29, 1.82) is 0 Å². The molecule has 0 bridgehead atoms. The Morgan fingerprint density at radius 2 is 1.95 bits per heavy atom. The highest BCUT2D eigenvalue weighted by atomic mass is 32.1. The summed E-state index contributed by atoms with van der Waals surface area (Å²) in [4.78, 5) is 25.8. The molecule has 0 radical (unpaired) electrons. The average molecular weight is 320 g/mol. The van der Waals surface area contributed by atoms with Gasteiger partial charge in [0.1, 0.15) is 0 Å². The second-order valence-corrected chi connectivity index (χ2v) is 7.97. The van der Waals surface area contributed by atoms with E-state index in [4.69, 9.17) is 5.73 Å². The molecule has 1 unspecified atom stereocenters. The Bertz CT molecular complexity index is 573. The van der Waals surface area contributed by atoms with Gasteiger partial charge in [0, 0.05) is 16.8 Å². The van der Waals surface area contributed by atoms with Crippen LogP contribution in [0.1, 0.15) is 59.1 Å². The molecule has 1 atom stereocenters. The Morgan fingerprint density at radius 3 is 2.64 bits per heavy atom. The van der Waals surface area contributed by atoms with Crippen LogP contribution in [0.2, 0.25) is 0 Å². The van der Waals surface area contributed by atoms with E-state index in [1.54, 1.807) is 11.3 Å². The maximum Gasteiger partial charge on any atom is 0.261 e. The molecule has 4 nitrogen and oxygen atoms in total. The van der Waals surface area contributed by atoms with E-state index in [0.29, 0.717) is 0 Å². The van der Waals surface area contributed by atoms with Crippen molar-refractivity contribution in [1.82, 2.24) is 5.32 Å². The predicted molar refractivity (Wildman–Crippen MR) is 87.9 cm³/mol. The first-order valence-corrected chi connectivity index (χ1v) is 9.06. The lowest BCUT2D eigenvalue weighted by Gasteiger charge is -2.27. The van der Waals surface area contributed by atoms with Gasteiger partial charge >= 0.3 is 0 Å². The van der Waals surface area contributed by atoms with E-state index in [2.05, 4.69) is 18.3 Å². The van der Waals surface area contributed by atoms with Crippen LogP contribution in [0.25, 0.3) is 0 Å². The Balaban J connectivity index is 1.58. The molecule has 2 aliphatic rings. The molecule has 1 aromatic rings. The summed E-state index contributed by atoms with van der Waals surface area (Å²) in [6.45, 7) is 2.28. The number of fused-ring (bicyclic) bond motifs is 1. The quantitative estimate of drug-likeness (QED) is 0.898. The van der Waals surface area contributed by atoms with Crippen molar-refractivity contribution in [3.05, 3.63) is 21.4 Å². The smallest absolute Gasteiger partial charge is 0.261 e. The van der Waals surface area contributed by atoms with E-state index in [-0.39, 0.29) is 23.8 Å². The summed E-state index contributed by atoms with van der Waals surface area (Å²) in [6, 6.07) is 2.26. The van der Waals surface area contributed by atoms with Gasteiger partial charge in [0.05, 0.1) is 4.88 Å². The number of amides is 2. The molecule has 0 saturated heterocycles. The zero-order chi connectivity index (χ0) is 15.7. The molecular formula is C17H24N2O2S. The third-order valence-corrected chi connectivity index (χ3v) is 6.25. The summed E-state index contributed by atoms with van der Waals surface area (Å²) < 4.78 is 0. The monoisotopic (exact) mass is 320 g/mol. The lowest BCUT2D eigenvalue weighted by Crippen LogP contribution is -2.39. The number of thiophene rings is 1. The van der Waals surface area contributed by atoms with Crippen LogP contribution < -0.4 is 11.1 Å². The van der Waals surface area contributed by atoms with E-state index < -0.39 is 0 Å². The summed E-state index contributed by atoms with van der Waals surface area (Å²) in [7, 11) is 0. The molecule has 1 aromatic heterocycles. The predicted octanol–water partition coefficient (Wildman–Crippen LogP) is 2.65. The molecule has 1 fully saturated rings. The third-order valence-electron chi connectivity index (χ3n) is 5.02. The number of carbonyl (C=O) groups excluding carboxylic acids is 2. The van der Waals surface area contributed by atoms with Gasteiger partial charge in [0.15, 0.2) is 0 Å². The Kier molecular flexibility index (Phi) is 4.52. The fourth-order valence-corrected chi connectivity index (χ4v) is 4.71. The zero-order valence-electron chi connectivity index (χ0n) is 13.1. The number of carbonyl (C=O) groups is 2. The molecule has 1 heterocycles. The standard InChI is InChI=1S/C17H24N2O2S/c1-10-2-7-14-12(8-10)9-15(22-14)17(21)19-13-5-3-11(4-6-13)16(18)20/h9-11,13H,2-8H2,1H3,(H2,18,20)(H,19,21). The fourth-order valence-electron chi connectivity index (χ4n) is 3.60. The van der Waals surface area contributed by atoms with Crippen molar-refractivity contribution in [3.63, 3.8) is 0 Å². The maximum absolute atomic E-state index is 12.4. The zero-order valence-corrected chi connectivity index (χ0v) is 13.9. The minimum atomic E-state index is -0.204. The summed E-state index contributed by atoms with van der Waals surface area (Å²) >= 11 is 1.65. The average Bonchev–Trinajstić information content (AvgIpc) is 2.91. The van der Waals surface area contributed by atoms with E-state index in [1.165, 1.54) is 16.9 Å². The highest BCUT2D eigenvalue weighted by Gasteiger charge is 2.27. The van der Waals surface area contributed by atoms with Crippen LogP contribution in [0.4, 0.5) is 0 Å². The van der Waals surface area contributed by atoms with E-state index >= 15 is 0 Å². The number of rotatable bonds is 3. The van der Waals surface area contributed by atoms with Gasteiger partial charge in [-0.2, -0.15) is 0 Å². The number of nitrogens with two attached hydrogens (primary N) is 1.